The first kappa shape index (κ1) is 25.5. The van der Waals surface area contributed by atoms with E-state index >= 15 is 0 Å². The monoisotopic (exact) mass is 522 g/mol. The van der Waals surface area contributed by atoms with Crippen molar-refractivity contribution in [3.8, 4) is 11.5 Å². The first-order valence-electron chi connectivity index (χ1n) is 12.2. The van der Waals surface area contributed by atoms with Gasteiger partial charge in [-0.3, -0.25) is 14.9 Å². The lowest BCUT2D eigenvalue weighted by Crippen LogP contribution is -2.53. The van der Waals surface area contributed by atoms with Gasteiger partial charge in [-0.2, -0.15) is 10.1 Å². The van der Waals surface area contributed by atoms with Gasteiger partial charge in [0.15, 0.2) is 17.2 Å². The Morgan fingerprint density at radius 3 is 2.51 bits per heavy atom. The van der Waals surface area contributed by atoms with E-state index in [9.17, 15) is 14.9 Å². The average molecular weight is 523 g/mol. The third-order valence-electron chi connectivity index (χ3n) is 6.52. The van der Waals surface area contributed by atoms with Crippen LogP contribution >= 0.6 is 0 Å². The van der Waals surface area contributed by atoms with Gasteiger partial charge < -0.3 is 14.8 Å². The molecule has 5 rings (SSSR count). The maximum absolute atomic E-state index is 13.6. The molecule has 4 aromatic rings. The molecule has 196 valence electrons. The summed E-state index contributed by atoms with van der Waals surface area (Å²) in [5.74, 6) is 0.749. The zero-order valence-corrected chi connectivity index (χ0v) is 21.4. The van der Waals surface area contributed by atoms with E-state index in [4.69, 9.17) is 9.47 Å². The van der Waals surface area contributed by atoms with Crippen LogP contribution in [0.1, 0.15) is 34.0 Å². The van der Waals surface area contributed by atoms with E-state index in [1.54, 1.807) is 62.7 Å². The number of hydrazone groups is 1. The van der Waals surface area contributed by atoms with E-state index in [0.717, 1.165) is 5.56 Å². The van der Waals surface area contributed by atoms with Crippen LogP contribution in [0.3, 0.4) is 0 Å². The summed E-state index contributed by atoms with van der Waals surface area (Å²) >= 11 is 0. The van der Waals surface area contributed by atoms with Gasteiger partial charge in [-0.15, -0.1) is 0 Å². The highest BCUT2D eigenvalue weighted by atomic mass is 16.6. The summed E-state index contributed by atoms with van der Waals surface area (Å²) in [5, 5.41) is 20.7. The molecule has 0 fully saturated rings. The highest BCUT2D eigenvalue weighted by molar-refractivity contribution is 6.02. The summed E-state index contributed by atoms with van der Waals surface area (Å²) < 4.78 is 11.5. The van der Waals surface area contributed by atoms with Crippen molar-refractivity contribution in [2.45, 2.75) is 19.2 Å². The van der Waals surface area contributed by atoms with E-state index < -0.39 is 10.6 Å². The molecule has 4 aromatic carbocycles. The van der Waals surface area contributed by atoms with Crippen LogP contribution in [0.4, 0.5) is 11.4 Å². The van der Waals surface area contributed by atoms with Crippen LogP contribution in [0.5, 0.6) is 11.5 Å². The summed E-state index contributed by atoms with van der Waals surface area (Å²) in [5.41, 5.74) is 2.00. The van der Waals surface area contributed by atoms with Crippen LogP contribution in [-0.4, -0.2) is 29.2 Å². The number of carbonyl (C=O) groups is 1. The Bertz CT molecular complexity index is 1560. The number of para-hydroxylation sites is 1. The third kappa shape index (κ3) is 5.15. The van der Waals surface area contributed by atoms with Crippen LogP contribution < -0.4 is 14.8 Å². The minimum atomic E-state index is -1.20. The van der Waals surface area contributed by atoms with Gasteiger partial charge in [0.2, 0.25) is 0 Å². The summed E-state index contributed by atoms with van der Waals surface area (Å²) in [4.78, 5) is 24.6. The molecule has 1 aliphatic heterocycles. The molecular formula is C30H26N4O5. The van der Waals surface area contributed by atoms with Crippen LogP contribution in [0, 0.1) is 10.1 Å². The summed E-state index contributed by atoms with van der Waals surface area (Å²) in [7, 11) is 1.56. The van der Waals surface area contributed by atoms with E-state index in [0.29, 0.717) is 40.5 Å². The molecule has 1 atom stereocenters. The van der Waals surface area contributed by atoms with E-state index in [2.05, 4.69) is 10.4 Å². The van der Waals surface area contributed by atoms with Crippen molar-refractivity contribution in [1.82, 2.24) is 5.01 Å². The molecule has 1 heterocycles. The topological polar surface area (TPSA) is 106 Å². The van der Waals surface area contributed by atoms with Crippen LogP contribution in [0.25, 0.3) is 0 Å². The lowest BCUT2D eigenvalue weighted by Gasteiger charge is -2.43. The molecule has 9 heteroatoms. The molecular weight excluding hydrogens is 496 g/mol. The number of benzene rings is 4. The number of hydrogen-bond acceptors (Lipinski definition) is 7. The number of carbonyl (C=O) groups excluding carboxylic acids is 1. The zero-order chi connectivity index (χ0) is 27.4. The Morgan fingerprint density at radius 1 is 0.974 bits per heavy atom. The number of hydrogen-bond donors (Lipinski definition) is 1. The smallest absolute Gasteiger partial charge is 0.278 e. The lowest BCUT2D eigenvalue weighted by atomic mass is 9.95. The first-order chi connectivity index (χ1) is 18.9. The second-order valence-corrected chi connectivity index (χ2v) is 9.10. The second kappa shape index (κ2) is 10.7. The predicted molar refractivity (Wildman–Crippen MR) is 148 cm³/mol. The van der Waals surface area contributed by atoms with Crippen LogP contribution in [-0.2, 0) is 12.3 Å². The molecule has 1 unspecified atom stereocenters. The molecule has 1 aliphatic rings. The highest BCUT2D eigenvalue weighted by Crippen LogP contribution is 2.39. The van der Waals surface area contributed by atoms with Gasteiger partial charge in [0.1, 0.15) is 6.61 Å². The third-order valence-corrected chi connectivity index (χ3v) is 6.52. The number of nitro groups is 1. The van der Waals surface area contributed by atoms with Gasteiger partial charge in [-0.25, -0.2) is 0 Å². The van der Waals surface area contributed by atoms with Gasteiger partial charge in [0.05, 0.1) is 23.8 Å². The molecule has 1 N–H and O–H groups in total. The largest absolute Gasteiger partial charge is 0.493 e. The van der Waals surface area contributed by atoms with Crippen molar-refractivity contribution in [1.29, 1.82) is 0 Å². The van der Waals surface area contributed by atoms with Gasteiger partial charge in [-0.1, -0.05) is 54.6 Å². The van der Waals surface area contributed by atoms with Crippen molar-refractivity contribution in [3.05, 3.63) is 129 Å². The minimum absolute atomic E-state index is 0.0819. The number of amides is 1. The van der Waals surface area contributed by atoms with Crippen molar-refractivity contribution in [2.75, 3.05) is 12.4 Å². The quantitative estimate of drug-likeness (QED) is 0.174. The summed E-state index contributed by atoms with van der Waals surface area (Å²) in [6.07, 6.45) is 1.55. The molecule has 0 saturated heterocycles. The standard InChI is InChI=1S/C30H26N4O5/c1-30(23-11-8-12-24(18-23)34(36)37)32-26-14-7-6-13-25(26)29(35)33(30)31-19-22-15-16-27(28(17-22)38-2)39-20-21-9-4-3-5-10-21/h3-19,32H,20H2,1-2H3/b31-19+. The number of rotatable bonds is 8. The second-order valence-electron chi connectivity index (χ2n) is 9.10. The Balaban J connectivity index is 1.47. The molecule has 39 heavy (non-hydrogen) atoms. The minimum Gasteiger partial charge on any atom is -0.493 e. The Labute approximate surface area is 225 Å². The number of non-ortho nitro benzene ring substituents is 1. The van der Waals surface area contributed by atoms with Crippen molar-refractivity contribution < 1.29 is 19.2 Å². The Kier molecular flexibility index (Phi) is 6.96. The molecule has 0 spiro atoms. The van der Waals surface area contributed by atoms with Crippen molar-refractivity contribution >= 4 is 23.5 Å². The number of fused-ring (bicyclic) bond motifs is 1. The molecule has 1 amide bonds. The molecule has 0 radical (unpaired) electrons. The molecule has 9 nitrogen and oxygen atoms in total. The first-order valence-corrected chi connectivity index (χ1v) is 12.2. The van der Waals surface area contributed by atoms with E-state index in [1.807, 2.05) is 42.5 Å². The SMILES string of the molecule is COc1cc(/C=N/N2C(=O)c3ccccc3NC2(C)c2cccc([N+](=O)[O-])c2)ccc1OCc1ccccc1. The Hall–Kier alpha value is -5.18. The molecule has 0 saturated carbocycles. The van der Waals surface area contributed by atoms with Crippen LogP contribution in [0.15, 0.2) is 102 Å². The number of ether oxygens (including phenoxy) is 2. The lowest BCUT2D eigenvalue weighted by molar-refractivity contribution is -0.385. The summed E-state index contributed by atoms with van der Waals surface area (Å²) in [6, 6.07) is 28.4. The fraction of sp³-hybridized carbons (Fsp3) is 0.133. The normalized spacial score (nSPS) is 16.5. The van der Waals surface area contributed by atoms with Crippen LogP contribution in [0.2, 0.25) is 0 Å². The number of methoxy groups -OCH3 is 1. The highest BCUT2D eigenvalue weighted by Gasteiger charge is 2.43. The Morgan fingerprint density at radius 2 is 1.74 bits per heavy atom. The average Bonchev–Trinajstić information content (AvgIpc) is 2.96. The fourth-order valence-corrected chi connectivity index (χ4v) is 4.44. The fourth-order valence-electron chi connectivity index (χ4n) is 4.44. The number of nitrogens with one attached hydrogen (secondary N) is 1. The van der Waals surface area contributed by atoms with Gasteiger partial charge in [-0.05, 0) is 48.4 Å². The maximum Gasteiger partial charge on any atom is 0.278 e. The number of anilines is 1. The van der Waals surface area contributed by atoms with Gasteiger partial charge >= 0.3 is 0 Å². The van der Waals surface area contributed by atoms with Crippen molar-refractivity contribution in [3.63, 3.8) is 0 Å². The maximum atomic E-state index is 13.6. The van der Waals surface area contributed by atoms with Crippen molar-refractivity contribution in [2.24, 2.45) is 5.10 Å². The summed E-state index contributed by atoms with van der Waals surface area (Å²) in [6.45, 7) is 2.15. The molecule has 0 aromatic heterocycles. The number of nitro benzene ring substituents is 1. The van der Waals surface area contributed by atoms with E-state index in [-0.39, 0.29) is 11.6 Å². The predicted octanol–water partition coefficient (Wildman–Crippen LogP) is 5.96. The van der Waals surface area contributed by atoms with E-state index in [1.165, 1.54) is 17.1 Å². The molecule has 0 bridgehead atoms. The van der Waals surface area contributed by atoms with Gasteiger partial charge in [0.25, 0.3) is 11.6 Å². The van der Waals surface area contributed by atoms with Gasteiger partial charge in [0, 0.05) is 23.4 Å². The zero-order valence-electron chi connectivity index (χ0n) is 21.4. The molecule has 0 aliphatic carbocycles. The number of nitrogens with zero attached hydrogens (tertiary/aromatic N) is 3.